The second-order valence-electron chi connectivity index (χ2n) is 5.82. The van der Waals surface area contributed by atoms with Crippen LogP contribution >= 0.6 is 0 Å². The topological polar surface area (TPSA) is 41.1 Å². The third-order valence-corrected chi connectivity index (χ3v) is 3.84. The number of nitrogens with one attached hydrogen (secondary N) is 1. The van der Waals surface area contributed by atoms with E-state index in [2.05, 4.69) is 45.4 Å². The van der Waals surface area contributed by atoms with Crippen molar-refractivity contribution in [2.45, 2.75) is 38.9 Å². The normalized spacial score (nSPS) is 14.2. The van der Waals surface area contributed by atoms with Crippen LogP contribution in [0.1, 0.15) is 29.7 Å². The van der Waals surface area contributed by atoms with Gasteiger partial charge in [-0.25, -0.2) is 0 Å². The van der Waals surface area contributed by atoms with Crippen LogP contribution in [0.3, 0.4) is 0 Å². The number of aryl methyl sites for hydroxylation is 1. The van der Waals surface area contributed by atoms with Crippen molar-refractivity contribution in [1.82, 2.24) is 15.3 Å². The zero-order chi connectivity index (χ0) is 14.7. The standard InChI is InChI=1S/C17H22N4/c1-13-9-17(15(10-19-13)11-20-16-3-4-16)21(2)12-14-5-7-18-8-6-14/h5-10,16,20H,3-4,11-12H2,1-2H3. The summed E-state index contributed by atoms with van der Waals surface area (Å²) >= 11 is 0. The first-order chi connectivity index (χ1) is 10.2. The molecular weight excluding hydrogens is 260 g/mol. The summed E-state index contributed by atoms with van der Waals surface area (Å²) in [6.07, 6.45) is 8.30. The molecule has 4 nitrogen and oxygen atoms in total. The Morgan fingerprint density at radius 1 is 1.29 bits per heavy atom. The van der Waals surface area contributed by atoms with Crippen molar-refractivity contribution in [3.8, 4) is 0 Å². The van der Waals surface area contributed by atoms with Crippen LogP contribution in [0.2, 0.25) is 0 Å². The molecule has 1 saturated carbocycles. The Labute approximate surface area is 126 Å². The number of nitrogens with zero attached hydrogens (tertiary/aromatic N) is 3. The van der Waals surface area contributed by atoms with Crippen LogP contribution < -0.4 is 10.2 Å². The second-order valence-corrected chi connectivity index (χ2v) is 5.82. The van der Waals surface area contributed by atoms with Crippen molar-refractivity contribution in [3.63, 3.8) is 0 Å². The third kappa shape index (κ3) is 3.79. The van der Waals surface area contributed by atoms with E-state index in [0.717, 1.165) is 18.8 Å². The predicted octanol–water partition coefficient (Wildman–Crippen LogP) is 2.67. The summed E-state index contributed by atoms with van der Waals surface area (Å²) in [4.78, 5) is 10.8. The lowest BCUT2D eigenvalue weighted by molar-refractivity contribution is 0.683. The van der Waals surface area contributed by atoms with Crippen LogP contribution in [-0.4, -0.2) is 23.1 Å². The Kier molecular flexibility index (Phi) is 4.15. The number of hydrogen-bond donors (Lipinski definition) is 1. The molecule has 3 rings (SSSR count). The van der Waals surface area contributed by atoms with E-state index in [1.807, 2.05) is 25.5 Å². The minimum atomic E-state index is 0.713. The molecule has 2 aromatic heterocycles. The average Bonchev–Trinajstić information content (AvgIpc) is 3.31. The summed E-state index contributed by atoms with van der Waals surface area (Å²) in [7, 11) is 2.13. The Hall–Kier alpha value is -1.94. The summed E-state index contributed by atoms with van der Waals surface area (Å²) in [6.45, 7) is 3.82. The molecule has 0 saturated heterocycles. The van der Waals surface area contributed by atoms with Gasteiger partial charge in [0.15, 0.2) is 0 Å². The molecule has 0 aromatic carbocycles. The third-order valence-electron chi connectivity index (χ3n) is 3.84. The van der Waals surface area contributed by atoms with Gasteiger partial charge in [-0.15, -0.1) is 0 Å². The molecule has 1 N–H and O–H groups in total. The van der Waals surface area contributed by atoms with Crippen LogP contribution in [0.15, 0.2) is 36.8 Å². The van der Waals surface area contributed by atoms with Crippen LogP contribution in [0.5, 0.6) is 0 Å². The molecule has 2 heterocycles. The maximum Gasteiger partial charge on any atom is 0.0445 e. The molecule has 110 valence electrons. The number of aromatic nitrogens is 2. The van der Waals surface area contributed by atoms with Gasteiger partial charge in [0, 0.05) is 61.7 Å². The van der Waals surface area contributed by atoms with Gasteiger partial charge in [-0.1, -0.05) is 0 Å². The van der Waals surface area contributed by atoms with Crippen molar-refractivity contribution < 1.29 is 0 Å². The van der Waals surface area contributed by atoms with E-state index in [1.54, 1.807) is 0 Å². The van der Waals surface area contributed by atoms with Crippen molar-refractivity contribution in [1.29, 1.82) is 0 Å². The molecule has 0 amide bonds. The highest BCUT2D eigenvalue weighted by atomic mass is 15.1. The number of rotatable bonds is 6. The maximum absolute atomic E-state index is 4.45. The highest BCUT2D eigenvalue weighted by Crippen LogP contribution is 2.24. The van der Waals surface area contributed by atoms with Crippen molar-refractivity contribution in [2.24, 2.45) is 0 Å². The van der Waals surface area contributed by atoms with Gasteiger partial charge in [0.05, 0.1) is 0 Å². The first-order valence-corrected chi connectivity index (χ1v) is 7.51. The highest BCUT2D eigenvalue weighted by Gasteiger charge is 2.21. The molecule has 0 radical (unpaired) electrons. The fourth-order valence-corrected chi connectivity index (χ4v) is 2.45. The lowest BCUT2D eigenvalue weighted by atomic mass is 10.1. The number of hydrogen-bond acceptors (Lipinski definition) is 4. The molecular formula is C17H22N4. The van der Waals surface area contributed by atoms with E-state index in [4.69, 9.17) is 0 Å². The van der Waals surface area contributed by atoms with Gasteiger partial charge >= 0.3 is 0 Å². The summed E-state index contributed by atoms with van der Waals surface area (Å²) in [6, 6.07) is 7.01. The minimum absolute atomic E-state index is 0.713. The van der Waals surface area contributed by atoms with Crippen LogP contribution in [0.25, 0.3) is 0 Å². The molecule has 4 heteroatoms. The Balaban J connectivity index is 1.76. The molecule has 0 aliphatic heterocycles. The summed E-state index contributed by atoms with van der Waals surface area (Å²) in [5.74, 6) is 0. The number of pyridine rings is 2. The van der Waals surface area contributed by atoms with Gasteiger partial charge in [0.1, 0.15) is 0 Å². The summed E-state index contributed by atoms with van der Waals surface area (Å²) in [5, 5.41) is 3.57. The lowest BCUT2D eigenvalue weighted by Gasteiger charge is -2.23. The molecule has 1 aliphatic rings. The van der Waals surface area contributed by atoms with E-state index in [1.165, 1.54) is 29.7 Å². The molecule has 0 atom stereocenters. The predicted molar refractivity (Wildman–Crippen MR) is 85.2 cm³/mol. The van der Waals surface area contributed by atoms with E-state index in [-0.39, 0.29) is 0 Å². The zero-order valence-corrected chi connectivity index (χ0v) is 12.7. The lowest BCUT2D eigenvalue weighted by Crippen LogP contribution is -2.22. The molecule has 1 fully saturated rings. The molecule has 0 unspecified atom stereocenters. The van der Waals surface area contributed by atoms with Gasteiger partial charge in [-0.05, 0) is 43.5 Å². The molecule has 2 aromatic rings. The average molecular weight is 282 g/mol. The fourth-order valence-electron chi connectivity index (χ4n) is 2.45. The molecule has 21 heavy (non-hydrogen) atoms. The second kappa shape index (κ2) is 6.22. The van der Waals surface area contributed by atoms with E-state index in [0.29, 0.717) is 6.04 Å². The Morgan fingerprint density at radius 3 is 2.76 bits per heavy atom. The van der Waals surface area contributed by atoms with Gasteiger partial charge in [-0.2, -0.15) is 0 Å². The van der Waals surface area contributed by atoms with Crippen LogP contribution in [0, 0.1) is 6.92 Å². The first kappa shape index (κ1) is 14.0. The van der Waals surface area contributed by atoms with Crippen molar-refractivity contribution >= 4 is 5.69 Å². The largest absolute Gasteiger partial charge is 0.370 e. The van der Waals surface area contributed by atoms with E-state index >= 15 is 0 Å². The number of anilines is 1. The van der Waals surface area contributed by atoms with Gasteiger partial charge in [-0.3, -0.25) is 9.97 Å². The summed E-state index contributed by atoms with van der Waals surface area (Å²) < 4.78 is 0. The monoisotopic (exact) mass is 282 g/mol. The van der Waals surface area contributed by atoms with Crippen LogP contribution in [0.4, 0.5) is 5.69 Å². The minimum Gasteiger partial charge on any atom is -0.370 e. The highest BCUT2D eigenvalue weighted by molar-refractivity contribution is 5.53. The Bertz CT molecular complexity index is 593. The first-order valence-electron chi connectivity index (χ1n) is 7.51. The van der Waals surface area contributed by atoms with Crippen LogP contribution in [-0.2, 0) is 13.1 Å². The molecule has 0 spiro atoms. The fraction of sp³-hybridized carbons (Fsp3) is 0.412. The van der Waals surface area contributed by atoms with Gasteiger partial charge in [0.2, 0.25) is 0 Å². The maximum atomic E-state index is 4.45. The van der Waals surface area contributed by atoms with Gasteiger partial charge in [0.25, 0.3) is 0 Å². The SMILES string of the molecule is Cc1cc(N(C)Cc2ccncc2)c(CNC2CC2)cn1. The van der Waals surface area contributed by atoms with Gasteiger partial charge < -0.3 is 10.2 Å². The van der Waals surface area contributed by atoms with Crippen molar-refractivity contribution in [2.75, 3.05) is 11.9 Å². The Morgan fingerprint density at radius 2 is 2.05 bits per heavy atom. The molecule has 1 aliphatic carbocycles. The van der Waals surface area contributed by atoms with Crippen molar-refractivity contribution in [3.05, 3.63) is 53.6 Å². The molecule has 0 bridgehead atoms. The smallest absolute Gasteiger partial charge is 0.0445 e. The van der Waals surface area contributed by atoms with E-state index < -0.39 is 0 Å². The zero-order valence-electron chi connectivity index (χ0n) is 12.7. The summed E-state index contributed by atoms with van der Waals surface area (Å²) in [5.41, 5.74) is 4.85. The quantitative estimate of drug-likeness (QED) is 0.884. The van der Waals surface area contributed by atoms with E-state index in [9.17, 15) is 0 Å².